The lowest BCUT2D eigenvalue weighted by Crippen LogP contribution is -2.04. The third kappa shape index (κ3) is 5.89. The Morgan fingerprint density at radius 1 is 0.301 bits per heavy atom. The lowest BCUT2D eigenvalue weighted by molar-refractivity contribution is 0.672. The first-order chi connectivity index (χ1) is 36.2. The number of rotatable bonds is 5. The van der Waals surface area contributed by atoms with Crippen LogP contribution in [0, 0.1) is 0 Å². The van der Waals surface area contributed by atoms with Crippen molar-refractivity contribution in [3.05, 3.63) is 237 Å². The first-order valence-electron chi connectivity index (χ1n) is 24.8. The highest BCUT2D eigenvalue weighted by atomic mass is 16.3. The fourth-order valence-electron chi connectivity index (χ4n) is 11.8. The summed E-state index contributed by atoms with van der Waals surface area (Å²) in [5.41, 5.74) is 10.7. The van der Waals surface area contributed by atoms with Gasteiger partial charge < -0.3 is 13.6 Å². The van der Waals surface area contributed by atoms with Gasteiger partial charge in [0.2, 0.25) is 0 Å². The van der Waals surface area contributed by atoms with E-state index in [4.69, 9.17) is 19.4 Å². The van der Waals surface area contributed by atoms with Gasteiger partial charge in [0.15, 0.2) is 17.5 Å². The molecule has 0 radical (unpaired) electrons. The molecule has 0 saturated heterocycles. The zero-order valence-electron chi connectivity index (χ0n) is 39.2. The van der Waals surface area contributed by atoms with E-state index in [-0.39, 0.29) is 0 Å². The third-order valence-electron chi connectivity index (χ3n) is 15.1. The summed E-state index contributed by atoms with van der Waals surface area (Å²) >= 11 is 0. The highest BCUT2D eigenvalue weighted by molar-refractivity contribution is 6.26. The third-order valence-corrected chi connectivity index (χ3v) is 15.1. The van der Waals surface area contributed by atoms with Gasteiger partial charge in [0.1, 0.15) is 11.2 Å². The van der Waals surface area contributed by atoms with Crippen molar-refractivity contribution in [2.45, 2.75) is 0 Å². The topological polar surface area (TPSA) is 61.7 Å². The van der Waals surface area contributed by atoms with Crippen molar-refractivity contribution in [2.24, 2.45) is 0 Å². The summed E-state index contributed by atoms with van der Waals surface area (Å²) in [5.74, 6) is 1.72. The normalized spacial score (nSPS) is 12.1. The van der Waals surface area contributed by atoms with Gasteiger partial charge in [0, 0.05) is 54.7 Å². The van der Waals surface area contributed by atoms with E-state index in [1.807, 2.05) is 0 Å². The predicted octanol–water partition coefficient (Wildman–Crippen LogP) is 17.6. The van der Waals surface area contributed by atoms with Crippen molar-refractivity contribution in [3.8, 4) is 45.5 Å². The fourth-order valence-corrected chi connectivity index (χ4v) is 11.8. The zero-order valence-corrected chi connectivity index (χ0v) is 39.2. The average Bonchev–Trinajstić information content (AvgIpc) is 4.14. The molecule has 6 heteroatoms. The van der Waals surface area contributed by atoms with Crippen LogP contribution in [0.2, 0.25) is 0 Å². The van der Waals surface area contributed by atoms with Gasteiger partial charge in [0.05, 0.1) is 33.1 Å². The van der Waals surface area contributed by atoms with Crippen LogP contribution in [-0.2, 0) is 0 Å². The average molecular weight is 930 g/mol. The maximum atomic E-state index is 7.04. The minimum Gasteiger partial charge on any atom is -0.455 e. The summed E-state index contributed by atoms with van der Waals surface area (Å²) in [4.78, 5) is 16.7. The number of para-hydroxylation sites is 2. The van der Waals surface area contributed by atoms with E-state index in [0.29, 0.717) is 17.5 Å². The van der Waals surface area contributed by atoms with Gasteiger partial charge in [-0.3, -0.25) is 0 Å². The summed E-state index contributed by atoms with van der Waals surface area (Å²) in [7, 11) is 0. The van der Waals surface area contributed by atoms with Crippen molar-refractivity contribution in [1.29, 1.82) is 0 Å². The largest absolute Gasteiger partial charge is 0.455 e. The Bertz CT molecular complexity index is 4980. The van der Waals surface area contributed by atoms with Gasteiger partial charge >= 0.3 is 0 Å². The SMILES string of the molecule is c1ccc(-n2c3ccccc3c3ccc(-c4nc(-c5ccc6oc7c8ccccc8ccc7c6c5-n5c6cc7ccccc7cc6c6c7ccccc7ccc65)nc(-c5cccc6ccccc56)n4)cc32)cc1. The van der Waals surface area contributed by atoms with Crippen molar-refractivity contribution >= 4 is 109 Å². The van der Waals surface area contributed by atoms with E-state index in [1.54, 1.807) is 0 Å². The van der Waals surface area contributed by atoms with Crippen LogP contribution >= 0.6 is 0 Å². The highest BCUT2D eigenvalue weighted by Crippen LogP contribution is 2.47. The predicted molar refractivity (Wildman–Crippen MR) is 302 cm³/mol. The van der Waals surface area contributed by atoms with E-state index in [2.05, 4.69) is 246 Å². The Morgan fingerprint density at radius 3 is 1.71 bits per heavy atom. The van der Waals surface area contributed by atoms with Crippen LogP contribution in [-0.4, -0.2) is 24.1 Å². The molecule has 16 aromatic rings. The molecule has 0 unspecified atom stereocenters. The molecule has 0 aliphatic rings. The number of benzene rings is 12. The van der Waals surface area contributed by atoms with E-state index in [9.17, 15) is 0 Å². The van der Waals surface area contributed by atoms with Crippen LogP contribution in [0.25, 0.3) is 154 Å². The number of furan rings is 1. The monoisotopic (exact) mass is 929 g/mol. The molecule has 73 heavy (non-hydrogen) atoms. The maximum Gasteiger partial charge on any atom is 0.166 e. The fraction of sp³-hybridized carbons (Fsp3) is 0. The summed E-state index contributed by atoms with van der Waals surface area (Å²) in [6.45, 7) is 0. The van der Waals surface area contributed by atoms with Crippen LogP contribution in [0.5, 0.6) is 0 Å². The second-order valence-corrected chi connectivity index (χ2v) is 19.1. The van der Waals surface area contributed by atoms with Crippen molar-refractivity contribution < 1.29 is 4.42 Å². The maximum absolute atomic E-state index is 7.04. The molecule has 6 nitrogen and oxygen atoms in total. The molecule has 0 N–H and O–H groups in total. The molecule has 0 bridgehead atoms. The van der Waals surface area contributed by atoms with Crippen LogP contribution in [0.1, 0.15) is 0 Å². The zero-order chi connectivity index (χ0) is 47.7. The van der Waals surface area contributed by atoms with E-state index in [1.165, 1.54) is 32.3 Å². The van der Waals surface area contributed by atoms with Crippen LogP contribution in [0.3, 0.4) is 0 Å². The van der Waals surface area contributed by atoms with Gasteiger partial charge in [-0.05, 0) is 98.4 Å². The first-order valence-corrected chi connectivity index (χ1v) is 24.8. The molecule has 0 amide bonds. The molecule has 16 rings (SSSR count). The lowest BCUT2D eigenvalue weighted by Gasteiger charge is -2.17. The van der Waals surface area contributed by atoms with Crippen molar-refractivity contribution in [1.82, 2.24) is 24.1 Å². The Labute approximate surface area is 417 Å². The summed E-state index contributed by atoms with van der Waals surface area (Å²) in [5, 5.41) is 15.8. The summed E-state index contributed by atoms with van der Waals surface area (Å²) in [6, 6.07) is 84.5. The number of aromatic nitrogens is 5. The molecular formula is C67H39N5O. The lowest BCUT2D eigenvalue weighted by atomic mass is 10.0. The smallest absolute Gasteiger partial charge is 0.166 e. The van der Waals surface area contributed by atoms with Crippen LogP contribution in [0.15, 0.2) is 241 Å². The second kappa shape index (κ2) is 15.3. The molecular weight excluding hydrogens is 891 g/mol. The summed E-state index contributed by atoms with van der Waals surface area (Å²) < 4.78 is 11.8. The number of fused-ring (bicyclic) bond motifs is 15. The molecule has 12 aromatic carbocycles. The number of hydrogen-bond donors (Lipinski definition) is 0. The second-order valence-electron chi connectivity index (χ2n) is 19.1. The van der Waals surface area contributed by atoms with Gasteiger partial charge in [-0.2, -0.15) is 0 Å². The molecule has 0 aliphatic heterocycles. The van der Waals surface area contributed by atoms with Crippen LogP contribution in [0.4, 0.5) is 0 Å². The minimum atomic E-state index is 0.556. The molecule has 338 valence electrons. The molecule has 0 aliphatic carbocycles. The van der Waals surface area contributed by atoms with E-state index >= 15 is 0 Å². The van der Waals surface area contributed by atoms with Gasteiger partial charge in [-0.15, -0.1) is 0 Å². The van der Waals surface area contributed by atoms with Gasteiger partial charge in [0.25, 0.3) is 0 Å². The van der Waals surface area contributed by atoms with Gasteiger partial charge in [-0.25, -0.2) is 15.0 Å². The number of hydrogen-bond acceptors (Lipinski definition) is 4. The van der Waals surface area contributed by atoms with E-state index < -0.39 is 0 Å². The first kappa shape index (κ1) is 39.9. The molecule has 0 spiro atoms. The Balaban J connectivity index is 1.06. The van der Waals surface area contributed by atoms with Crippen LogP contribution < -0.4 is 0 Å². The Kier molecular flexibility index (Phi) is 8.36. The van der Waals surface area contributed by atoms with E-state index in [0.717, 1.165) is 104 Å². The standard InChI is InChI=1S/C67H39N5O/c1-2-21-46(22-3-1)71-56-28-13-12-26-50(56)51-32-30-45(39-58(51)71)65-68-66(52-27-14-20-40-15-6-9-23-47(40)52)70-67(69-65)54-34-36-60-62(53-33-29-42-17-8-11-25-49(42)64(53)73-60)63(54)72-57-35-31-41-16-7-10-24-48(41)61(57)55-37-43-18-4-5-19-44(43)38-59(55)72/h1-39H. The van der Waals surface area contributed by atoms with Crippen molar-refractivity contribution in [2.75, 3.05) is 0 Å². The number of nitrogens with zero attached hydrogens (tertiary/aromatic N) is 5. The molecule has 0 fully saturated rings. The van der Waals surface area contributed by atoms with Gasteiger partial charge in [-0.1, -0.05) is 176 Å². The quantitative estimate of drug-likeness (QED) is 0.173. The Morgan fingerprint density at radius 2 is 0.890 bits per heavy atom. The van der Waals surface area contributed by atoms with Crippen molar-refractivity contribution in [3.63, 3.8) is 0 Å². The highest BCUT2D eigenvalue weighted by Gasteiger charge is 2.26. The molecule has 0 saturated carbocycles. The molecule has 0 atom stereocenters. The molecule has 4 aromatic heterocycles. The Hall–Kier alpha value is -9.91. The minimum absolute atomic E-state index is 0.556. The molecule has 4 heterocycles. The summed E-state index contributed by atoms with van der Waals surface area (Å²) in [6.07, 6.45) is 0.